The highest BCUT2D eigenvalue weighted by molar-refractivity contribution is 6.03. The van der Waals surface area contributed by atoms with Gasteiger partial charge in [0.25, 0.3) is 5.91 Å². The van der Waals surface area contributed by atoms with Crippen molar-refractivity contribution < 1.29 is 19.4 Å². The van der Waals surface area contributed by atoms with Crippen LogP contribution in [0.5, 0.6) is 5.75 Å². The smallest absolute Gasteiger partial charge is 0.339 e. The van der Waals surface area contributed by atoms with Gasteiger partial charge in [-0.25, -0.2) is 4.79 Å². The molecule has 0 fully saturated rings. The van der Waals surface area contributed by atoms with E-state index in [-0.39, 0.29) is 17.2 Å². The van der Waals surface area contributed by atoms with Gasteiger partial charge in [0, 0.05) is 30.3 Å². The van der Waals surface area contributed by atoms with E-state index in [1.165, 1.54) is 13.2 Å². The highest BCUT2D eigenvalue weighted by Gasteiger charge is 2.24. The first-order valence-corrected chi connectivity index (χ1v) is 9.12. The number of carbonyl (C=O) groups excluding carboxylic acids is 1. The van der Waals surface area contributed by atoms with E-state index < -0.39 is 5.97 Å². The molecule has 1 amide bonds. The molecule has 3 N–H and O–H groups in total. The molecular weight excluding hydrogens is 370 g/mol. The molecule has 0 unspecified atom stereocenters. The fraction of sp³-hybridized carbons (Fsp3) is 0.136. The number of hydrogen-bond donors (Lipinski definition) is 3. The van der Waals surface area contributed by atoms with Gasteiger partial charge in [-0.3, -0.25) is 9.78 Å². The molecule has 146 valence electrons. The van der Waals surface area contributed by atoms with Crippen molar-refractivity contribution in [3.05, 3.63) is 71.4 Å². The number of fused-ring (bicyclic) bond motifs is 1. The predicted octanol–water partition coefficient (Wildman–Crippen LogP) is 3.48. The van der Waals surface area contributed by atoms with Crippen LogP contribution in [0.1, 0.15) is 26.4 Å². The Labute approximate surface area is 167 Å². The van der Waals surface area contributed by atoms with Crippen LogP contribution in [-0.4, -0.2) is 35.6 Å². The van der Waals surface area contributed by atoms with Crippen LogP contribution in [0.25, 0.3) is 11.3 Å². The Kier molecular flexibility index (Phi) is 4.87. The monoisotopic (exact) mass is 389 g/mol. The Balaban J connectivity index is 1.80. The summed E-state index contributed by atoms with van der Waals surface area (Å²) < 4.78 is 5.20. The number of benzene rings is 2. The Morgan fingerprint density at radius 1 is 1.17 bits per heavy atom. The summed E-state index contributed by atoms with van der Waals surface area (Å²) in [5, 5.41) is 15.4. The van der Waals surface area contributed by atoms with Crippen molar-refractivity contribution in [3.63, 3.8) is 0 Å². The molecule has 4 rings (SSSR count). The molecule has 0 saturated carbocycles. The van der Waals surface area contributed by atoms with Crippen molar-refractivity contribution in [1.82, 2.24) is 10.3 Å². The van der Waals surface area contributed by atoms with E-state index >= 15 is 0 Å². The quantitative estimate of drug-likeness (QED) is 0.618. The van der Waals surface area contributed by atoms with Crippen molar-refractivity contribution in [1.29, 1.82) is 0 Å². The third-order valence-corrected chi connectivity index (χ3v) is 4.75. The van der Waals surface area contributed by atoms with Crippen LogP contribution in [0.15, 0.2) is 54.6 Å². The average molecular weight is 389 g/mol. The van der Waals surface area contributed by atoms with Gasteiger partial charge in [-0.1, -0.05) is 30.3 Å². The van der Waals surface area contributed by atoms with Crippen LogP contribution < -0.4 is 15.4 Å². The van der Waals surface area contributed by atoms with Gasteiger partial charge < -0.3 is 20.5 Å². The van der Waals surface area contributed by atoms with E-state index in [0.29, 0.717) is 29.9 Å². The van der Waals surface area contributed by atoms with Crippen molar-refractivity contribution in [2.75, 3.05) is 19.0 Å². The number of hydrogen-bond acceptors (Lipinski definition) is 5. The van der Waals surface area contributed by atoms with Crippen molar-refractivity contribution in [3.8, 4) is 17.0 Å². The number of carboxylic acids is 1. The second-order valence-corrected chi connectivity index (χ2v) is 6.59. The number of aromatic carboxylic acids is 1. The maximum Gasteiger partial charge on any atom is 0.339 e. The molecule has 0 bridgehead atoms. The topological polar surface area (TPSA) is 101 Å². The number of nitrogens with zero attached hydrogens (tertiary/aromatic N) is 1. The van der Waals surface area contributed by atoms with Crippen LogP contribution in [0, 0.1) is 0 Å². The number of anilines is 2. The highest BCUT2D eigenvalue weighted by Crippen LogP contribution is 2.32. The number of amides is 1. The number of pyridine rings is 1. The first-order chi connectivity index (χ1) is 14.1. The minimum absolute atomic E-state index is 0.0672. The van der Waals surface area contributed by atoms with Gasteiger partial charge in [0.1, 0.15) is 11.3 Å². The number of methoxy groups -OCH3 is 1. The first-order valence-electron chi connectivity index (χ1n) is 9.12. The van der Waals surface area contributed by atoms with Gasteiger partial charge in [-0.15, -0.1) is 0 Å². The zero-order chi connectivity index (χ0) is 20.4. The Morgan fingerprint density at radius 3 is 2.69 bits per heavy atom. The van der Waals surface area contributed by atoms with E-state index in [1.807, 2.05) is 36.4 Å². The second kappa shape index (κ2) is 7.63. The average Bonchev–Trinajstić information content (AvgIpc) is 2.74. The highest BCUT2D eigenvalue weighted by atomic mass is 16.5. The fourth-order valence-electron chi connectivity index (χ4n) is 3.37. The molecule has 2 aromatic carbocycles. The summed E-state index contributed by atoms with van der Waals surface area (Å²) in [6, 6.07) is 16.3. The van der Waals surface area contributed by atoms with Gasteiger partial charge in [0.15, 0.2) is 0 Å². The van der Waals surface area contributed by atoms with Crippen molar-refractivity contribution in [2.24, 2.45) is 0 Å². The lowest BCUT2D eigenvalue weighted by atomic mass is 10.0. The summed E-state index contributed by atoms with van der Waals surface area (Å²) >= 11 is 0. The molecule has 1 aliphatic heterocycles. The number of aromatic nitrogens is 1. The van der Waals surface area contributed by atoms with Crippen LogP contribution >= 0.6 is 0 Å². The number of rotatable bonds is 5. The maximum absolute atomic E-state index is 12.5. The predicted molar refractivity (Wildman–Crippen MR) is 109 cm³/mol. The summed E-state index contributed by atoms with van der Waals surface area (Å²) in [6.45, 7) is 0.539. The van der Waals surface area contributed by atoms with Gasteiger partial charge in [0.05, 0.1) is 29.7 Å². The number of carbonyl (C=O) groups is 2. The van der Waals surface area contributed by atoms with Crippen LogP contribution in [0.2, 0.25) is 0 Å². The van der Waals surface area contributed by atoms with E-state index in [1.54, 1.807) is 12.1 Å². The van der Waals surface area contributed by atoms with Gasteiger partial charge >= 0.3 is 5.97 Å². The SMILES string of the molecule is COc1cc(Nc2cc(-c3ccccc3)nc3c2C(=O)NCC3)ccc1C(=O)O. The summed E-state index contributed by atoms with van der Waals surface area (Å²) in [6.07, 6.45) is 0.637. The summed E-state index contributed by atoms with van der Waals surface area (Å²) in [4.78, 5) is 28.5. The van der Waals surface area contributed by atoms with Crippen molar-refractivity contribution >= 4 is 23.3 Å². The molecule has 0 spiro atoms. The molecule has 0 radical (unpaired) electrons. The molecule has 1 aliphatic rings. The van der Waals surface area contributed by atoms with Gasteiger partial charge in [0.2, 0.25) is 0 Å². The number of ether oxygens (including phenoxy) is 1. The zero-order valence-electron chi connectivity index (χ0n) is 15.7. The van der Waals surface area contributed by atoms with E-state index in [9.17, 15) is 14.7 Å². The zero-order valence-corrected chi connectivity index (χ0v) is 15.7. The molecule has 1 aromatic heterocycles. The summed E-state index contributed by atoms with van der Waals surface area (Å²) in [5.41, 5.74) is 4.22. The molecule has 7 nitrogen and oxygen atoms in total. The molecule has 0 atom stereocenters. The third kappa shape index (κ3) is 3.62. The Morgan fingerprint density at radius 2 is 1.97 bits per heavy atom. The lowest BCUT2D eigenvalue weighted by molar-refractivity contribution is 0.0693. The minimum atomic E-state index is -1.07. The minimum Gasteiger partial charge on any atom is -0.496 e. The standard InChI is InChI=1S/C22H19N3O4/c1-29-19-11-14(7-8-15(19)22(27)28)24-18-12-17(13-5-3-2-4-6-13)25-16-9-10-23-21(26)20(16)18/h2-8,11-12H,9-10H2,1H3,(H,23,26)(H,24,25)(H,27,28). The lowest BCUT2D eigenvalue weighted by Gasteiger charge is -2.21. The largest absolute Gasteiger partial charge is 0.496 e. The van der Waals surface area contributed by atoms with Crippen LogP contribution in [0.4, 0.5) is 11.4 Å². The summed E-state index contributed by atoms with van der Waals surface area (Å²) in [7, 11) is 1.42. The second-order valence-electron chi connectivity index (χ2n) is 6.59. The maximum atomic E-state index is 12.5. The molecule has 2 heterocycles. The van der Waals surface area contributed by atoms with Gasteiger partial charge in [-0.2, -0.15) is 0 Å². The van der Waals surface area contributed by atoms with Crippen LogP contribution in [0.3, 0.4) is 0 Å². The van der Waals surface area contributed by atoms with E-state index in [4.69, 9.17) is 9.72 Å². The lowest BCUT2D eigenvalue weighted by Crippen LogP contribution is -2.33. The molecular formula is C22H19N3O4. The number of nitrogens with one attached hydrogen (secondary N) is 2. The molecule has 0 saturated heterocycles. The summed E-state index contributed by atoms with van der Waals surface area (Å²) in [5.74, 6) is -1.02. The normalized spacial score (nSPS) is 12.7. The number of carboxylic acid groups (broad SMARTS) is 1. The van der Waals surface area contributed by atoms with Crippen molar-refractivity contribution in [2.45, 2.75) is 6.42 Å². The molecule has 29 heavy (non-hydrogen) atoms. The third-order valence-electron chi connectivity index (χ3n) is 4.75. The van der Waals surface area contributed by atoms with E-state index in [0.717, 1.165) is 17.0 Å². The van der Waals surface area contributed by atoms with Crippen LogP contribution in [-0.2, 0) is 6.42 Å². The first kappa shape index (κ1) is 18.5. The Hall–Kier alpha value is -3.87. The Bertz CT molecular complexity index is 1100. The fourth-order valence-corrected chi connectivity index (χ4v) is 3.37. The molecule has 3 aromatic rings. The van der Waals surface area contributed by atoms with E-state index in [2.05, 4.69) is 10.6 Å². The molecule has 7 heteroatoms. The molecule has 0 aliphatic carbocycles. The van der Waals surface area contributed by atoms with Gasteiger partial charge in [-0.05, 0) is 18.2 Å².